The van der Waals surface area contributed by atoms with Crippen LogP contribution < -0.4 is 5.32 Å². The third-order valence-corrected chi connectivity index (χ3v) is 3.20. The van der Waals surface area contributed by atoms with Gasteiger partial charge in [-0.25, -0.2) is 4.68 Å². The SMILES string of the molecule is Cc1ccc(NC(=O)Cn2nc(Cl)nc2Cl)cc1Cl. The van der Waals surface area contributed by atoms with E-state index in [1.807, 2.05) is 13.0 Å². The Morgan fingerprint density at radius 3 is 2.68 bits per heavy atom. The Balaban J connectivity index is 2.05. The minimum Gasteiger partial charge on any atom is -0.324 e. The number of carbonyl (C=O) groups excluding carboxylic acids is 1. The number of hydrogen-bond acceptors (Lipinski definition) is 3. The Bertz CT molecular complexity index is 626. The molecular formula is C11H9Cl3N4O. The molecule has 0 radical (unpaired) electrons. The number of nitrogens with zero attached hydrogens (tertiary/aromatic N) is 3. The standard InChI is InChI=1S/C11H9Cl3N4O/c1-6-2-3-7(4-8(6)12)15-9(19)5-18-11(14)16-10(13)17-18/h2-4H,5H2,1H3,(H,15,19). The molecule has 5 nitrogen and oxygen atoms in total. The number of rotatable bonds is 3. The molecule has 1 amide bonds. The molecule has 1 heterocycles. The third-order valence-electron chi connectivity index (χ3n) is 2.35. The fourth-order valence-electron chi connectivity index (χ4n) is 1.40. The molecule has 0 aliphatic rings. The van der Waals surface area contributed by atoms with E-state index < -0.39 is 0 Å². The van der Waals surface area contributed by atoms with Crippen LogP contribution in [0.1, 0.15) is 5.56 Å². The summed E-state index contributed by atoms with van der Waals surface area (Å²) in [4.78, 5) is 15.5. The Hall–Kier alpha value is -1.30. The van der Waals surface area contributed by atoms with E-state index in [0.717, 1.165) is 5.56 Å². The molecule has 0 fully saturated rings. The second kappa shape index (κ2) is 5.77. The number of nitrogens with one attached hydrogen (secondary N) is 1. The van der Waals surface area contributed by atoms with Crippen LogP contribution in [0.2, 0.25) is 15.6 Å². The summed E-state index contributed by atoms with van der Waals surface area (Å²) < 4.78 is 1.20. The Morgan fingerprint density at radius 2 is 2.11 bits per heavy atom. The van der Waals surface area contributed by atoms with Gasteiger partial charge in [0.2, 0.25) is 16.5 Å². The van der Waals surface area contributed by atoms with Crippen molar-refractivity contribution < 1.29 is 4.79 Å². The highest BCUT2D eigenvalue weighted by molar-refractivity contribution is 6.32. The lowest BCUT2D eigenvalue weighted by Gasteiger charge is -2.07. The molecule has 0 atom stereocenters. The molecule has 1 N–H and O–H groups in total. The van der Waals surface area contributed by atoms with Crippen LogP contribution in [0.3, 0.4) is 0 Å². The molecule has 1 aromatic heterocycles. The zero-order valence-electron chi connectivity index (χ0n) is 9.82. The van der Waals surface area contributed by atoms with Crippen LogP contribution in [0.5, 0.6) is 0 Å². The molecule has 0 aliphatic carbocycles. The van der Waals surface area contributed by atoms with Gasteiger partial charge in [-0.05, 0) is 47.8 Å². The van der Waals surface area contributed by atoms with Gasteiger partial charge in [0.05, 0.1) is 0 Å². The number of halogens is 3. The zero-order chi connectivity index (χ0) is 14.0. The first-order chi connectivity index (χ1) is 8.95. The lowest BCUT2D eigenvalue weighted by atomic mass is 10.2. The summed E-state index contributed by atoms with van der Waals surface area (Å²) in [7, 11) is 0. The molecule has 1 aromatic carbocycles. The van der Waals surface area contributed by atoms with Crippen molar-refractivity contribution >= 4 is 46.4 Å². The minimum atomic E-state index is -0.302. The van der Waals surface area contributed by atoms with Crippen molar-refractivity contribution in [2.45, 2.75) is 13.5 Å². The predicted molar refractivity (Wildman–Crippen MR) is 74.9 cm³/mol. The predicted octanol–water partition coefficient (Wildman–Crippen LogP) is 3.19. The lowest BCUT2D eigenvalue weighted by Crippen LogP contribution is -2.19. The molecular weight excluding hydrogens is 311 g/mol. The maximum atomic E-state index is 11.8. The summed E-state index contributed by atoms with van der Waals surface area (Å²) >= 11 is 17.3. The van der Waals surface area contributed by atoms with Crippen LogP contribution in [0.15, 0.2) is 18.2 Å². The number of carbonyl (C=O) groups is 1. The van der Waals surface area contributed by atoms with Crippen LogP contribution in [-0.2, 0) is 11.3 Å². The largest absolute Gasteiger partial charge is 0.324 e. The van der Waals surface area contributed by atoms with E-state index in [9.17, 15) is 4.79 Å². The van der Waals surface area contributed by atoms with Gasteiger partial charge in [-0.15, -0.1) is 5.10 Å². The highest BCUT2D eigenvalue weighted by atomic mass is 35.5. The fraction of sp³-hybridized carbons (Fsp3) is 0.182. The highest BCUT2D eigenvalue weighted by Gasteiger charge is 2.10. The Morgan fingerprint density at radius 1 is 1.37 bits per heavy atom. The summed E-state index contributed by atoms with van der Waals surface area (Å²) in [5.74, 6) is -0.302. The second-order valence-electron chi connectivity index (χ2n) is 3.82. The first-order valence-electron chi connectivity index (χ1n) is 5.27. The maximum absolute atomic E-state index is 11.8. The van der Waals surface area contributed by atoms with Gasteiger partial charge in [-0.1, -0.05) is 17.7 Å². The number of aryl methyl sites for hydroxylation is 1. The number of hydrogen-bond donors (Lipinski definition) is 1. The zero-order valence-corrected chi connectivity index (χ0v) is 12.1. The smallest absolute Gasteiger partial charge is 0.246 e. The van der Waals surface area contributed by atoms with Gasteiger partial charge in [-0.2, -0.15) is 4.98 Å². The van der Waals surface area contributed by atoms with Crippen molar-refractivity contribution in [2.24, 2.45) is 0 Å². The average Bonchev–Trinajstić information content (AvgIpc) is 2.62. The van der Waals surface area contributed by atoms with Crippen LogP contribution in [-0.4, -0.2) is 20.7 Å². The van der Waals surface area contributed by atoms with Crippen molar-refractivity contribution in [3.63, 3.8) is 0 Å². The van der Waals surface area contributed by atoms with Crippen molar-refractivity contribution in [3.05, 3.63) is 39.4 Å². The molecule has 0 unspecified atom stereocenters. The normalized spacial score (nSPS) is 10.5. The quantitative estimate of drug-likeness (QED) is 0.945. The van der Waals surface area contributed by atoms with Gasteiger partial charge in [0.1, 0.15) is 6.54 Å². The highest BCUT2D eigenvalue weighted by Crippen LogP contribution is 2.20. The van der Waals surface area contributed by atoms with Crippen LogP contribution in [0.25, 0.3) is 0 Å². The molecule has 8 heteroatoms. The summed E-state index contributed by atoms with van der Waals surface area (Å²) in [5.41, 5.74) is 1.54. The van der Waals surface area contributed by atoms with Crippen molar-refractivity contribution in [3.8, 4) is 0 Å². The number of anilines is 1. The summed E-state index contributed by atoms with van der Waals surface area (Å²) in [5, 5.41) is 7.09. The van der Waals surface area contributed by atoms with Gasteiger partial charge in [0.15, 0.2) is 0 Å². The van der Waals surface area contributed by atoms with E-state index in [4.69, 9.17) is 34.8 Å². The van der Waals surface area contributed by atoms with E-state index in [2.05, 4.69) is 15.4 Å². The fourth-order valence-corrected chi connectivity index (χ4v) is 1.98. The monoisotopic (exact) mass is 318 g/mol. The van der Waals surface area contributed by atoms with Crippen molar-refractivity contribution in [1.82, 2.24) is 14.8 Å². The van der Waals surface area contributed by atoms with E-state index in [1.165, 1.54) is 4.68 Å². The lowest BCUT2D eigenvalue weighted by molar-refractivity contribution is -0.116. The van der Waals surface area contributed by atoms with Gasteiger partial charge >= 0.3 is 0 Å². The second-order valence-corrected chi connectivity index (χ2v) is 4.90. The van der Waals surface area contributed by atoms with E-state index in [1.54, 1.807) is 12.1 Å². The van der Waals surface area contributed by atoms with E-state index in [-0.39, 0.29) is 23.0 Å². The van der Waals surface area contributed by atoms with Gasteiger partial charge in [0, 0.05) is 10.7 Å². The molecule has 0 spiro atoms. The first kappa shape index (κ1) is 14.1. The molecule has 19 heavy (non-hydrogen) atoms. The van der Waals surface area contributed by atoms with Gasteiger partial charge in [-0.3, -0.25) is 4.79 Å². The molecule has 0 bridgehead atoms. The summed E-state index contributed by atoms with van der Waals surface area (Å²) in [6, 6.07) is 5.25. The maximum Gasteiger partial charge on any atom is 0.246 e. The van der Waals surface area contributed by atoms with Crippen LogP contribution >= 0.6 is 34.8 Å². The van der Waals surface area contributed by atoms with Gasteiger partial charge < -0.3 is 5.32 Å². The number of amides is 1. The molecule has 0 saturated carbocycles. The number of aromatic nitrogens is 3. The van der Waals surface area contributed by atoms with E-state index in [0.29, 0.717) is 10.7 Å². The summed E-state index contributed by atoms with van der Waals surface area (Å²) in [6.45, 7) is 1.80. The van der Waals surface area contributed by atoms with Gasteiger partial charge in [0.25, 0.3) is 0 Å². The molecule has 2 aromatic rings. The molecule has 100 valence electrons. The third kappa shape index (κ3) is 3.59. The molecule has 0 aliphatic heterocycles. The average molecular weight is 320 g/mol. The molecule has 0 saturated heterocycles. The van der Waals surface area contributed by atoms with Crippen molar-refractivity contribution in [2.75, 3.05) is 5.32 Å². The topological polar surface area (TPSA) is 59.8 Å². The van der Waals surface area contributed by atoms with Crippen LogP contribution in [0.4, 0.5) is 5.69 Å². The number of benzene rings is 1. The Labute approximate surface area is 124 Å². The van der Waals surface area contributed by atoms with E-state index >= 15 is 0 Å². The summed E-state index contributed by atoms with van der Waals surface area (Å²) in [6.07, 6.45) is 0. The minimum absolute atomic E-state index is 0.00354. The van der Waals surface area contributed by atoms with Crippen LogP contribution in [0, 0.1) is 6.92 Å². The molecule has 2 rings (SSSR count). The first-order valence-corrected chi connectivity index (χ1v) is 6.41. The Kier molecular flexibility index (Phi) is 4.29. The van der Waals surface area contributed by atoms with Crippen molar-refractivity contribution in [1.29, 1.82) is 0 Å².